The molecule has 1 aromatic carbocycles. The van der Waals surface area contributed by atoms with E-state index in [0.29, 0.717) is 5.78 Å². The lowest BCUT2D eigenvalue weighted by atomic mass is 9.80. The van der Waals surface area contributed by atoms with Gasteiger partial charge >= 0.3 is 0 Å². The molecule has 1 spiro atoms. The molecule has 0 radical (unpaired) electrons. The molecule has 3 rings (SSSR count). The van der Waals surface area contributed by atoms with Gasteiger partial charge in [-0.25, -0.2) is 0 Å². The number of Topliss-reactive ketones (excluding diaryl/α,β-unsaturated/α-hetero) is 1. The van der Waals surface area contributed by atoms with Gasteiger partial charge in [0.05, 0.1) is 5.60 Å². The summed E-state index contributed by atoms with van der Waals surface area (Å²) >= 11 is 3.49. The van der Waals surface area contributed by atoms with Crippen molar-refractivity contribution in [3.63, 3.8) is 0 Å². The Labute approximate surface area is 129 Å². The van der Waals surface area contributed by atoms with Gasteiger partial charge in [-0.1, -0.05) is 34.8 Å². The van der Waals surface area contributed by atoms with E-state index in [1.807, 2.05) is 25.1 Å². The molecule has 1 saturated heterocycles. The maximum absolute atomic E-state index is 12.7. The van der Waals surface area contributed by atoms with Gasteiger partial charge in [-0.3, -0.25) is 4.79 Å². The van der Waals surface area contributed by atoms with Crippen LogP contribution in [0, 0.1) is 12.8 Å². The van der Waals surface area contributed by atoms with E-state index in [0.717, 1.165) is 47.9 Å². The molecule has 108 valence electrons. The average molecular weight is 337 g/mol. The molecule has 1 aromatic rings. The van der Waals surface area contributed by atoms with Crippen molar-refractivity contribution in [1.29, 1.82) is 0 Å². The molecule has 1 aliphatic heterocycles. The van der Waals surface area contributed by atoms with Gasteiger partial charge in [-0.15, -0.1) is 0 Å². The lowest BCUT2D eigenvalue weighted by molar-refractivity contribution is -0.0866. The first-order valence-corrected chi connectivity index (χ1v) is 8.33. The van der Waals surface area contributed by atoms with Crippen LogP contribution in [0.1, 0.15) is 54.4 Å². The summed E-state index contributed by atoms with van der Waals surface area (Å²) in [6.07, 6.45) is 6.56. The van der Waals surface area contributed by atoms with E-state index in [1.54, 1.807) is 0 Å². The highest BCUT2D eigenvalue weighted by molar-refractivity contribution is 9.10. The van der Waals surface area contributed by atoms with E-state index in [9.17, 15) is 4.79 Å². The number of rotatable bonds is 2. The van der Waals surface area contributed by atoms with E-state index in [1.165, 1.54) is 12.8 Å². The lowest BCUT2D eigenvalue weighted by Crippen LogP contribution is -2.39. The maximum atomic E-state index is 12.7. The Morgan fingerprint density at radius 2 is 2.10 bits per heavy atom. The van der Waals surface area contributed by atoms with E-state index in [-0.39, 0.29) is 11.5 Å². The highest BCUT2D eigenvalue weighted by Crippen LogP contribution is 2.42. The Bertz CT molecular complexity index is 518. The molecule has 1 aliphatic carbocycles. The predicted octanol–water partition coefficient (Wildman–Crippen LogP) is 4.68. The number of aryl methyl sites for hydroxylation is 1. The number of ether oxygens (including phenoxy) is 1. The fourth-order valence-corrected chi connectivity index (χ4v) is 3.90. The summed E-state index contributed by atoms with van der Waals surface area (Å²) in [4.78, 5) is 12.7. The Morgan fingerprint density at radius 3 is 2.80 bits per heavy atom. The zero-order valence-electron chi connectivity index (χ0n) is 12.0. The van der Waals surface area contributed by atoms with Gasteiger partial charge in [0.15, 0.2) is 5.78 Å². The van der Waals surface area contributed by atoms with Crippen LogP contribution in [0.2, 0.25) is 0 Å². The van der Waals surface area contributed by atoms with E-state index < -0.39 is 0 Å². The summed E-state index contributed by atoms with van der Waals surface area (Å²) in [5.74, 6) is 0.442. The van der Waals surface area contributed by atoms with Gasteiger partial charge in [0.1, 0.15) is 0 Å². The van der Waals surface area contributed by atoms with Crippen molar-refractivity contribution in [2.45, 2.75) is 51.0 Å². The van der Waals surface area contributed by atoms with Crippen molar-refractivity contribution < 1.29 is 9.53 Å². The molecule has 1 atom stereocenters. The maximum Gasteiger partial charge on any atom is 0.166 e. The Morgan fingerprint density at radius 1 is 1.35 bits per heavy atom. The molecule has 0 bridgehead atoms. The SMILES string of the molecule is Cc1cc(C(=O)C2CCOC3(CCCC3)C2)ccc1Br. The second-order valence-electron chi connectivity index (χ2n) is 6.26. The van der Waals surface area contributed by atoms with Gasteiger partial charge in [0, 0.05) is 22.6 Å². The number of ketones is 1. The number of benzene rings is 1. The highest BCUT2D eigenvalue weighted by Gasteiger charge is 2.41. The van der Waals surface area contributed by atoms with E-state index in [2.05, 4.69) is 15.9 Å². The molecule has 2 fully saturated rings. The van der Waals surface area contributed by atoms with Crippen LogP contribution < -0.4 is 0 Å². The first-order valence-electron chi connectivity index (χ1n) is 7.54. The van der Waals surface area contributed by atoms with Gasteiger partial charge in [0.2, 0.25) is 0 Å². The Hall–Kier alpha value is -0.670. The third kappa shape index (κ3) is 2.71. The monoisotopic (exact) mass is 336 g/mol. The number of carbonyl (C=O) groups excluding carboxylic acids is 1. The molecule has 0 aromatic heterocycles. The average Bonchev–Trinajstić information content (AvgIpc) is 2.89. The third-order valence-electron chi connectivity index (χ3n) is 4.82. The fourth-order valence-electron chi connectivity index (χ4n) is 3.65. The van der Waals surface area contributed by atoms with Crippen molar-refractivity contribution >= 4 is 21.7 Å². The van der Waals surface area contributed by atoms with Crippen molar-refractivity contribution in [1.82, 2.24) is 0 Å². The topological polar surface area (TPSA) is 26.3 Å². The van der Waals surface area contributed by atoms with Gasteiger partial charge < -0.3 is 4.74 Å². The standard InChI is InChI=1S/C17H21BrO2/c1-12-10-13(4-5-15(12)18)16(19)14-6-9-20-17(11-14)7-2-3-8-17/h4-5,10,14H,2-3,6-9,11H2,1H3. The summed E-state index contributed by atoms with van der Waals surface area (Å²) in [5.41, 5.74) is 1.99. The zero-order chi connectivity index (χ0) is 14.2. The molecule has 1 saturated carbocycles. The van der Waals surface area contributed by atoms with Crippen LogP contribution >= 0.6 is 15.9 Å². The summed E-state index contributed by atoms with van der Waals surface area (Å²) in [7, 11) is 0. The largest absolute Gasteiger partial charge is 0.375 e. The minimum absolute atomic E-state index is 0.0169. The fraction of sp³-hybridized carbons (Fsp3) is 0.588. The Kier molecular flexibility index (Phi) is 4.00. The van der Waals surface area contributed by atoms with Crippen LogP contribution in [-0.4, -0.2) is 18.0 Å². The second-order valence-corrected chi connectivity index (χ2v) is 7.11. The van der Waals surface area contributed by atoms with Crippen molar-refractivity contribution in [3.05, 3.63) is 33.8 Å². The molecular formula is C17H21BrO2. The van der Waals surface area contributed by atoms with Crippen LogP contribution in [0.5, 0.6) is 0 Å². The summed E-state index contributed by atoms with van der Waals surface area (Å²) < 4.78 is 7.09. The molecule has 0 N–H and O–H groups in total. The summed E-state index contributed by atoms with van der Waals surface area (Å²) in [5, 5.41) is 0. The van der Waals surface area contributed by atoms with Crippen molar-refractivity contribution in [2.24, 2.45) is 5.92 Å². The molecule has 0 amide bonds. The molecule has 1 heterocycles. The van der Waals surface area contributed by atoms with E-state index in [4.69, 9.17) is 4.74 Å². The number of hydrogen-bond acceptors (Lipinski definition) is 2. The third-order valence-corrected chi connectivity index (χ3v) is 5.71. The van der Waals surface area contributed by atoms with Crippen LogP contribution in [0.15, 0.2) is 22.7 Å². The van der Waals surface area contributed by atoms with Gasteiger partial charge in [-0.05, 0) is 50.3 Å². The van der Waals surface area contributed by atoms with Crippen LogP contribution in [0.3, 0.4) is 0 Å². The normalized spacial score (nSPS) is 25.0. The first kappa shape index (κ1) is 14.3. The Balaban J connectivity index is 1.77. The molecule has 2 aliphatic rings. The molecule has 3 heteroatoms. The molecular weight excluding hydrogens is 316 g/mol. The van der Waals surface area contributed by atoms with Crippen molar-refractivity contribution in [2.75, 3.05) is 6.61 Å². The predicted molar refractivity (Wildman–Crippen MR) is 83.1 cm³/mol. The summed E-state index contributed by atoms with van der Waals surface area (Å²) in [6.45, 7) is 2.77. The molecule has 2 nitrogen and oxygen atoms in total. The minimum Gasteiger partial charge on any atom is -0.375 e. The smallest absolute Gasteiger partial charge is 0.166 e. The highest BCUT2D eigenvalue weighted by atomic mass is 79.9. The number of hydrogen-bond donors (Lipinski definition) is 0. The van der Waals surface area contributed by atoms with Crippen LogP contribution in [-0.2, 0) is 4.74 Å². The minimum atomic E-state index is 0.0169. The zero-order valence-corrected chi connectivity index (χ0v) is 13.5. The van der Waals surface area contributed by atoms with Gasteiger partial charge in [0.25, 0.3) is 0 Å². The molecule has 1 unspecified atom stereocenters. The van der Waals surface area contributed by atoms with Gasteiger partial charge in [-0.2, -0.15) is 0 Å². The van der Waals surface area contributed by atoms with Crippen LogP contribution in [0.4, 0.5) is 0 Å². The van der Waals surface area contributed by atoms with E-state index >= 15 is 0 Å². The van der Waals surface area contributed by atoms with Crippen molar-refractivity contribution in [3.8, 4) is 0 Å². The summed E-state index contributed by atoms with van der Waals surface area (Å²) in [6, 6.07) is 5.92. The molecule has 20 heavy (non-hydrogen) atoms. The van der Waals surface area contributed by atoms with Crippen LogP contribution in [0.25, 0.3) is 0 Å². The second kappa shape index (κ2) is 5.61. The lowest BCUT2D eigenvalue weighted by Gasteiger charge is -2.37. The number of halogens is 1. The number of carbonyl (C=O) groups is 1. The quantitative estimate of drug-likeness (QED) is 0.733. The first-order chi connectivity index (χ1) is 9.60.